The summed E-state index contributed by atoms with van der Waals surface area (Å²) >= 11 is 0. The van der Waals surface area contributed by atoms with Crippen molar-refractivity contribution in [2.45, 2.75) is 89.8 Å². The summed E-state index contributed by atoms with van der Waals surface area (Å²) in [6.07, 6.45) is 5.88. The Balaban J connectivity index is 1.40. The molecule has 2 heteroatoms. The maximum Gasteiger partial charge on any atom is 0.159 e. The fourth-order valence-corrected chi connectivity index (χ4v) is 5.98. The summed E-state index contributed by atoms with van der Waals surface area (Å²) in [5.41, 5.74) is 0.912. The molecule has 0 N–H and O–H groups in total. The van der Waals surface area contributed by atoms with Gasteiger partial charge in [0.15, 0.2) is 11.6 Å². The Morgan fingerprint density at radius 3 is 2.22 bits per heavy atom. The zero-order valence-corrected chi connectivity index (χ0v) is 16.5. The van der Waals surface area contributed by atoms with Crippen LogP contribution in [0.5, 0.6) is 0 Å². The van der Waals surface area contributed by atoms with Gasteiger partial charge in [-0.2, -0.15) is 0 Å². The minimum atomic E-state index is -1.43. The topological polar surface area (TPSA) is 0 Å². The van der Waals surface area contributed by atoms with Gasteiger partial charge in [0.25, 0.3) is 0 Å². The molecule has 0 amide bonds. The Labute approximate surface area is 169 Å². The van der Waals surface area contributed by atoms with Gasteiger partial charge < -0.3 is 0 Å². The molecule has 4 atom stereocenters. The number of rotatable bonds is 4. The average Bonchev–Trinajstić information content (AvgIpc) is 2.71. The van der Waals surface area contributed by atoms with Crippen LogP contribution in [-0.2, 0) is 0 Å². The van der Waals surface area contributed by atoms with E-state index < -0.39 is 30.3 Å². The Kier molecular flexibility index (Phi) is 4.78. The highest BCUT2D eigenvalue weighted by molar-refractivity contribution is 5.22. The van der Waals surface area contributed by atoms with Crippen LogP contribution >= 0.6 is 0 Å². The molecule has 3 aliphatic carbocycles. The molecule has 3 aliphatic rings. The van der Waals surface area contributed by atoms with Crippen molar-refractivity contribution >= 4 is 0 Å². The fourth-order valence-electron chi connectivity index (χ4n) is 5.98. The van der Waals surface area contributed by atoms with Crippen molar-refractivity contribution < 1.29 is 14.3 Å². The molecular formula is C25H36F2. The Morgan fingerprint density at radius 1 is 0.852 bits per heavy atom. The minimum absolute atomic E-state index is 0.128. The molecular weight excluding hydrogens is 338 g/mol. The Bertz CT molecular complexity index is 763. The van der Waals surface area contributed by atoms with Crippen LogP contribution in [0.4, 0.5) is 8.78 Å². The molecule has 0 spiro atoms. The summed E-state index contributed by atoms with van der Waals surface area (Å²) in [6.45, 7) is 2.01. The lowest BCUT2D eigenvalue weighted by molar-refractivity contribution is 0.0711. The normalized spacial score (nSPS) is 42.9. The lowest BCUT2D eigenvalue weighted by Crippen LogP contribution is -2.34. The first-order valence-corrected chi connectivity index (χ1v) is 11.1. The predicted molar refractivity (Wildman–Crippen MR) is 108 cm³/mol. The summed E-state index contributed by atoms with van der Waals surface area (Å²) in [7, 11) is 0. The monoisotopic (exact) mass is 378 g/mol. The second-order valence-electron chi connectivity index (χ2n) is 9.19. The molecule has 4 unspecified atom stereocenters. The van der Waals surface area contributed by atoms with E-state index in [2.05, 4.69) is 0 Å². The van der Waals surface area contributed by atoms with Crippen molar-refractivity contribution in [3.05, 3.63) is 35.4 Å². The van der Waals surface area contributed by atoms with Gasteiger partial charge in [-0.05, 0) is 105 Å². The molecule has 0 aromatic heterocycles. The number of fused-ring (bicyclic) bond motifs is 1. The van der Waals surface area contributed by atoms with E-state index in [1.807, 2.05) is 6.92 Å². The van der Waals surface area contributed by atoms with E-state index in [0.717, 1.165) is 50.5 Å². The molecule has 1 aromatic rings. The first kappa shape index (κ1) is 15.0. The quantitative estimate of drug-likeness (QED) is 0.500. The molecule has 0 heterocycles. The number of hydrogen-bond acceptors (Lipinski definition) is 0. The van der Waals surface area contributed by atoms with E-state index in [9.17, 15) is 8.78 Å². The van der Waals surface area contributed by atoms with E-state index >= 15 is 0 Å². The summed E-state index contributed by atoms with van der Waals surface area (Å²) in [5.74, 6) is -0.0168. The van der Waals surface area contributed by atoms with Crippen molar-refractivity contribution in [3.63, 3.8) is 0 Å². The standard InChI is InChI=1S/C25H36F2/c1-2-3-17-4-6-18(7-5-17)19-8-9-21-15-22(11-10-20(21)14-19)23-12-13-24(26)25(27)16-23/h12-13,16-22H,2-11,14-15H2,1H3/i4D2,5D2. The highest BCUT2D eigenvalue weighted by atomic mass is 19.2. The number of benzene rings is 1. The Hall–Kier alpha value is -0.920. The summed E-state index contributed by atoms with van der Waals surface area (Å²) < 4.78 is 61.4. The third kappa shape index (κ3) is 4.40. The van der Waals surface area contributed by atoms with Gasteiger partial charge in [-0.3, -0.25) is 0 Å². The first-order chi connectivity index (χ1) is 14.6. The molecule has 150 valence electrons. The Morgan fingerprint density at radius 2 is 1.52 bits per heavy atom. The third-order valence-electron chi connectivity index (χ3n) is 7.57. The van der Waals surface area contributed by atoms with E-state index in [1.54, 1.807) is 6.07 Å². The maximum atomic E-state index is 13.7. The number of halogens is 2. The summed E-state index contributed by atoms with van der Waals surface area (Å²) in [5, 5.41) is 0. The van der Waals surface area contributed by atoms with Crippen LogP contribution in [0.3, 0.4) is 0 Å². The van der Waals surface area contributed by atoms with Gasteiger partial charge in [-0.25, -0.2) is 8.78 Å². The third-order valence-corrected chi connectivity index (χ3v) is 7.57. The second kappa shape index (κ2) is 8.62. The molecule has 0 bridgehead atoms. The van der Waals surface area contributed by atoms with Gasteiger partial charge in [0.2, 0.25) is 0 Å². The smallest absolute Gasteiger partial charge is 0.159 e. The molecule has 1 aromatic carbocycles. The molecule has 4 rings (SSSR count). The highest BCUT2D eigenvalue weighted by Crippen LogP contribution is 2.51. The van der Waals surface area contributed by atoms with Gasteiger partial charge in [-0.1, -0.05) is 38.6 Å². The average molecular weight is 379 g/mol. The SMILES string of the molecule is [2H]C1([2H])CC(C2CCC3CC(c4ccc(F)c(F)c4)CCC3C2)CC([2H])([2H])C1CCC. The maximum absolute atomic E-state index is 13.7. The van der Waals surface area contributed by atoms with Gasteiger partial charge in [0, 0.05) is 5.48 Å². The van der Waals surface area contributed by atoms with Gasteiger partial charge in [0.05, 0.1) is 0 Å². The van der Waals surface area contributed by atoms with E-state index in [1.165, 1.54) is 12.1 Å². The van der Waals surface area contributed by atoms with Crippen molar-refractivity contribution in [2.75, 3.05) is 0 Å². The highest BCUT2D eigenvalue weighted by Gasteiger charge is 2.39. The molecule has 3 fully saturated rings. The van der Waals surface area contributed by atoms with Crippen LogP contribution in [0.1, 0.15) is 101 Å². The van der Waals surface area contributed by atoms with Gasteiger partial charge >= 0.3 is 0 Å². The fraction of sp³-hybridized carbons (Fsp3) is 0.760. The molecule has 0 saturated heterocycles. The van der Waals surface area contributed by atoms with Gasteiger partial charge in [0.1, 0.15) is 0 Å². The van der Waals surface area contributed by atoms with Crippen LogP contribution in [0.15, 0.2) is 18.2 Å². The van der Waals surface area contributed by atoms with Crippen molar-refractivity contribution in [1.82, 2.24) is 0 Å². The van der Waals surface area contributed by atoms with E-state index in [4.69, 9.17) is 5.48 Å². The molecule has 0 radical (unpaired) electrons. The minimum Gasteiger partial charge on any atom is -0.204 e. The molecule has 3 saturated carbocycles. The van der Waals surface area contributed by atoms with Crippen molar-refractivity contribution in [1.29, 1.82) is 0 Å². The first-order valence-electron chi connectivity index (χ1n) is 13.1. The number of hydrogen-bond donors (Lipinski definition) is 0. The second-order valence-corrected chi connectivity index (χ2v) is 9.19. The molecule has 0 nitrogen and oxygen atoms in total. The van der Waals surface area contributed by atoms with Gasteiger partial charge in [-0.15, -0.1) is 0 Å². The van der Waals surface area contributed by atoms with Crippen LogP contribution in [0.25, 0.3) is 0 Å². The zero-order chi connectivity index (χ0) is 22.4. The van der Waals surface area contributed by atoms with Crippen LogP contribution in [0.2, 0.25) is 0 Å². The van der Waals surface area contributed by atoms with E-state index in [0.29, 0.717) is 42.9 Å². The summed E-state index contributed by atoms with van der Waals surface area (Å²) in [6, 6.07) is 4.34. The van der Waals surface area contributed by atoms with Crippen molar-refractivity contribution in [3.8, 4) is 0 Å². The van der Waals surface area contributed by atoms with Crippen LogP contribution in [-0.4, -0.2) is 0 Å². The van der Waals surface area contributed by atoms with Crippen LogP contribution < -0.4 is 0 Å². The lowest BCUT2D eigenvalue weighted by Gasteiger charge is -2.45. The molecule has 27 heavy (non-hydrogen) atoms. The largest absolute Gasteiger partial charge is 0.204 e. The van der Waals surface area contributed by atoms with Crippen molar-refractivity contribution in [2.24, 2.45) is 29.6 Å². The molecule has 0 aliphatic heterocycles. The summed E-state index contributed by atoms with van der Waals surface area (Å²) in [4.78, 5) is 0. The van der Waals surface area contributed by atoms with E-state index in [-0.39, 0.29) is 5.92 Å². The predicted octanol–water partition coefficient (Wildman–Crippen LogP) is 7.87. The zero-order valence-electron chi connectivity index (χ0n) is 20.5. The van der Waals surface area contributed by atoms with Crippen LogP contribution in [0, 0.1) is 41.2 Å². The lowest BCUT2D eigenvalue weighted by atomic mass is 9.60.